The second-order valence-corrected chi connectivity index (χ2v) is 5.75. The van der Waals surface area contributed by atoms with Crippen molar-refractivity contribution < 1.29 is 14.3 Å². The third kappa shape index (κ3) is 5.59. The largest absolute Gasteiger partial charge is 0.375 e. The van der Waals surface area contributed by atoms with E-state index >= 15 is 0 Å². The summed E-state index contributed by atoms with van der Waals surface area (Å²) in [6, 6.07) is -0.226. The molecule has 9 heteroatoms. The average Bonchev–Trinajstić information content (AvgIpc) is 3.08. The third-order valence-electron chi connectivity index (χ3n) is 4.03. The number of H-pyrrole nitrogens is 1. The maximum Gasteiger partial charge on any atom is 0.245 e. The Morgan fingerprint density at radius 3 is 2.74 bits per heavy atom. The van der Waals surface area contributed by atoms with Crippen LogP contribution in [-0.2, 0) is 14.3 Å². The van der Waals surface area contributed by atoms with Crippen molar-refractivity contribution in [2.45, 2.75) is 44.6 Å². The summed E-state index contributed by atoms with van der Waals surface area (Å²) in [6.07, 6.45) is 5.84. The van der Waals surface area contributed by atoms with Crippen molar-refractivity contribution >= 4 is 11.8 Å². The zero-order chi connectivity index (χ0) is 16.5. The molecule has 3 N–H and O–H groups in total. The number of carbonyl (C=O) groups excluding carboxylic acids is 2. The Morgan fingerprint density at radius 2 is 2.09 bits per heavy atom. The van der Waals surface area contributed by atoms with Gasteiger partial charge in [0.1, 0.15) is 6.61 Å². The van der Waals surface area contributed by atoms with E-state index < -0.39 is 0 Å². The van der Waals surface area contributed by atoms with Gasteiger partial charge >= 0.3 is 0 Å². The molecule has 1 heterocycles. The summed E-state index contributed by atoms with van der Waals surface area (Å²) in [4.78, 5) is 23.4. The molecule has 1 aliphatic rings. The highest BCUT2D eigenvalue weighted by molar-refractivity contribution is 5.79. The van der Waals surface area contributed by atoms with E-state index in [1.807, 2.05) is 0 Å². The normalized spacial score (nSPS) is 16.7. The van der Waals surface area contributed by atoms with Gasteiger partial charge in [0.05, 0.1) is 6.04 Å². The van der Waals surface area contributed by atoms with Crippen molar-refractivity contribution in [3.63, 3.8) is 0 Å². The van der Waals surface area contributed by atoms with Crippen LogP contribution in [0, 0.1) is 5.92 Å². The van der Waals surface area contributed by atoms with E-state index in [2.05, 4.69) is 31.3 Å². The maximum atomic E-state index is 12.2. The predicted molar refractivity (Wildman–Crippen MR) is 81.1 cm³/mol. The Balaban J connectivity index is 1.84. The highest BCUT2D eigenvalue weighted by Crippen LogP contribution is 2.32. The SMILES string of the molecule is COCC(=O)NCCC(=O)NC(c1nn[nH]n1)C1CCCCC1. The number of aromatic amines is 1. The molecule has 0 bridgehead atoms. The fraction of sp³-hybridized carbons (Fsp3) is 0.786. The van der Waals surface area contributed by atoms with E-state index in [-0.39, 0.29) is 37.4 Å². The van der Waals surface area contributed by atoms with Crippen molar-refractivity contribution in [1.82, 2.24) is 31.3 Å². The lowest BCUT2D eigenvalue weighted by Gasteiger charge is -2.28. The number of hydrogen-bond acceptors (Lipinski definition) is 6. The van der Waals surface area contributed by atoms with Gasteiger partial charge in [0.25, 0.3) is 0 Å². The fourth-order valence-corrected chi connectivity index (χ4v) is 2.91. The summed E-state index contributed by atoms with van der Waals surface area (Å²) in [5.41, 5.74) is 0. The van der Waals surface area contributed by atoms with Gasteiger partial charge in [-0.25, -0.2) is 0 Å². The molecule has 1 aromatic heterocycles. The van der Waals surface area contributed by atoms with Crippen LogP contribution in [0.3, 0.4) is 0 Å². The topological polar surface area (TPSA) is 122 Å². The van der Waals surface area contributed by atoms with Gasteiger partial charge in [-0.05, 0) is 18.8 Å². The Hall–Kier alpha value is -2.03. The lowest BCUT2D eigenvalue weighted by atomic mass is 9.83. The van der Waals surface area contributed by atoms with Gasteiger partial charge in [-0.1, -0.05) is 24.5 Å². The van der Waals surface area contributed by atoms with Gasteiger partial charge in [-0.2, -0.15) is 5.21 Å². The molecular weight excluding hydrogens is 300 g/mol. The van der Waals surface area contributed by atoms with Gasteiger partial charge in [0.15, 0.2) is 5.82 Å². The molecule has 1 unspecified atom stereocenters. The molecule has 2 rings (SSSR count). The number of methoxy groups -OCH3 is 1. The standard InChI is InChI=1S/C14H24N6O3/c1-23-9-12(22)15-8-7-11(21)16-13(14-17-19-20-18-14)10-5-3-2-4-6-10/h10,13H,2-9H2,1H3,(H,15,22)(H,16,21)(H,17,18,19,20). The first kappa shape index (κ1) is 17.3. The quantitative estimate of drug-likeness (QED) is 0.623. The minimum Gasteiger partial charge on any atom is -0.375 e. The maximum absolute atomic E-state index is 12.2. The zero-order valence-electron chi connectivity index (χ0n) is 13.4. The van der Waals surface area contributed by atoms with Gasteiger partial charge < -0.3 is 15.4 Å². The van der Waals surface area contributed by atoms with Crippen LogP contribution in [0.2, 0.25) is 0 Å². The molecule has 1 fully saturated rings. The molecule has 0 spiro atoms. The number of carbonyl (C=O) groups is 2. The molecule has 1 aromatic rings. The smallest absolute Gasteiger partial charge is 0.245 e. The lowest BCUT2D eigenvalue weighted by Crippen LogP contribution is -2.37. The monoisotopic (exact) mass is 324 g/mol. The molecular formula is C14H24N6O3. The minimum atomic E-state index is -0.234. The van der Waals surface area contributed by atoms with Crippen LogP contribution in [0.5, 0.6) is 0 Å². The van der Waals surface area contributed by atoms with Crippen LogP contribution in [-0.4, -0.2) is 52.7 Å². The molecule has 9 nitrogen and oxygen atoms in total. The first-order chi connectivity index (χ1) is 11.2. The van der Waals surface area contributed by atoms with E-state index in [1.54, 1.807) is 0 Å². The molecule has 0 radical (unpaired) electrons. The minimum absolute atomic E-state index is 0.00478. The molecule has 23 heavy (non-hydrogen) atoms. The first-order valence-electron chi connectivity index (χ1n) is 7.99. The van der Waals surface area contributed by atoms with Gasteiger partial charge in [-0.15, -0.1) is 10.2 Å². The van der Waals surface area contributed by atoms with Gasteiger partial charge in [-0.3, -0.25) is 9.59 Å². The summed E-state index contributed by atoms with van der Waals surface area (Å²) in [7, 11) is 1.45. The Kier molecular flexibility index (Phi) is 6.92. The van der Waals surface area contributed by atoms with Gasteiger partial charge in [0.2, 0.25) is 11.8 Å². The van der Waals surface area contributed by atoms with E-state index in [9.17, 15) is 9.59 Å². The van der Waals surface area contributed by atoms with E-state index in [0.29, 0.717) is 11.7 Å². The molecule has 0 aromatic carbocycles. The predicted octanol–water partition coefficient (Wildman–Crippen LogP) is 0.0900. The number of nitrogens with one attached hydrogen (secondary N) is 3. The molecule has 0 saturated heterocycles. The van der Waals surface area contributed by atoms with E-state index in [4.69, 9.17) is 4.74 Å². The second-order valence-electron chi connectivity index (χ2n) is 5.75. The summed E-state index contributed by atoms with van der Waals surface area (Å²) >= 11 is 0. The molecule has 1 aliphatic carbocycles. The molecule has 2 amide bonds. The summed E-state index contributed by atoms with van der Waals surface area (Å²) in [5.74, 6) is 0.479. The summed E-state index contributed by atoms with van der Waals surface area (Å²) < 4.78 is 4.71. The number of tetrazole rings is 1. The van der Waals surface area contributed by atoms with Crippen LogP contribution in [0.25, 0.3) is 0 Å². The number of hydrogen-bond donors (Lipinski definition) is 3. The molecule has 1 atom stereocenters. The van der Waals surface area contributed by atoms with Crippen LogP contribution in [0.1, 0.15) is 50.4 Å². The van der Waals surface area contributed by atoms with E-state index in [1.165, 1.54) is 13.5 Å². The fourth-order valence-electron chi connectivity index (χ4n) is 2.91. The van der Waals surface area contributed by atoms with Crippen LogP contribution < -0.4 is 10.6 Å². The number of rotatable bonds is 8. The van der Waals surface area contributed by atoms with Crippen molar-refractivity contribution in [2.75, 3.05) is 20.3 Å². The highest BCUT2D eigenvalue weighted by Gasteiger charge is 2.29. The van der Waals surface area contributed by atoms with Crippen LogP contribution >= 0.6 is 0 Å². The highest BCUT2D eigenvalue weighted by atomic mass is 16.5. The number of aromatic nitrogens is 4. The van der Waals surface area contributed by atoms with Crippen molar-refractivity contribution in [1.29, 1.82) is 0 Å². The van der Waals surface area contributed by atoms with Crippen molar-refractivity contribution in [3.8, 4) is 0 Å². The number of ether oxygens (including phenoxy) is 1. The van der Waals surface area contributed by atoms with Crippen molar-refractivity contribution in [3.05, 3.63) is 5.82 Å². The van der Waals surface area contributed by atoms with Crippen molar-refractivity contribution in [2.24, 2.45) is 5.92 Å². The Labute approximate surface area is 134 Å². The van der Waals surface area contributed by atoms with E-state index in [0.717, 1.165) is 25.7 Å². The third-order valence-corrected chi connectivity index (χ3v) is 4.03. The zero-order valence-corrected chi connectivity index (χ0v) is 13.4. The number of nitrogens with zero attached hydrogens (tertiary/aromatic N) is 3. The summed E-state index contributed by atoms with van der Waals surface area (Å²) in [6.45, 7) is 0.271. The summed E-state index contributed by atoms with van der Waals surface area (Å²) in [5, 5.41) is 19.7. The number of amides is 2. The van der Waals surface area contributed by atoms with Crippen LogP contribution in [0.15, 0.2) is 0 Å². The molecule has 1 saturated carbocycles. The molecule has 128 valence electrons. The lowest BCUT2D eigenvalue weighted by molar-refractivity contribution is -0.125. The molecule has 0 aliphatic heterocycles. The Morgan fingerprint density at radius 1 is 1.30 bits per heavy atom. The second kappa shape index (κ2) is 9.19. The Bertz CT molecular complexity index is 487. The first-order valence-corrected chi connectivity index (χ1v) is 7.99. The average molecular weight is 324 g/mol. The van der Waals surface area contributed by atoms with Gasteiger partial charge in [0, 0.05) is 20.1 Å². The van der Waals surface area contributed by atoms with Crippen LogP contribution in [0.4, 0.5) is 0 Å².